The van der Waals surface area contributed by atoms with Crippen LogP contribution in [0.15, 0.2) is 59.4 Å². The Bertz CT molecular complexity index is 858. The maximum absolute atomic E-state index is 5.98. The predicted octanol–water partition coefficient (Wildman–Crippen LogP) is 7.56. The molecule has 154 valence electrons. The number of ether oxygens (including phenoxy) is 1. The summed E-state index contributed by atoms with van der Waals surface area (Å²) in [6, 6.07) is 11.2. The molecule has 0 bridgehead atoms. The molecule has 0 aromatic heterocycles. The third kappa shape index (κ3) is 3.04. The molecule has 4 aliphatic rings. The molecule has 0 radical (unpaired) electrons. The second-order valence-corrected chi connectivity index (χ2v) is 9.90. The van der Waals surface area contributed by atoms with Crippen LogP contribution in [0.25, 0.3) is 5.57 Å². The van der Waals surface area contributed by atoms with E-state index in [1.165, 1.54) is 49.8 Å². The van der Waals surface area contributed by atoms with Gasteiger partial charge in [0.1, 0.15) is 0 Å². The molecule has 1 aromatic carbocycles. The van der Waals surface area contributed by atoms with Crippen LogP contribution in [0, 0.1) is 29.1 Å². The monoisotopic (exact) mass is 388 g/mol. The number of rotatable bonds is 4. The van der Waals surface area contributed by atoms with Gasteiger partial charge in [-0.1, -0.05) is 55.8 Å². The van der Waals surface area contributed by atoms with Gasteiger partial charge in [0, 0.05) is 6.42 Å². The summed E-state index contributed by atoms with van der Waals surface area (Å²) in [5, 5.41) is 0. The number of hydrogen-bond acceptors (Lipinski definition) is 1. The van der Waals surface area contributed by atoms with Crippen LogP contribution < -0.4 is 0 Å². The molecular weight excluding hydrogens is 352 g/mol. The number of allylic oxidation sites excluding steroid dienone is 6. The molecule has 4 aliphatic carbocycles. The van der Waals surface area contributed by atoms with Crippen molar-refractivity contribution in [2.45, 2.75) is 65.7 Å². The molecule has 5 atom stereocenters. The van der Waals surface area contributed by atoms with E-state index in [9.17, 15) is 0 Å². The molecule has 1 nitrogen and oxygen atoms in total. The molecule has 5 unspecified atom stereocenters. The molecule has 0 aliphatic heterocycles. The van der Waals surface area contributed by atoms with E-state index in [1.807, 2.05) is 0 Å². The highest BCUT2D eigenvalue weighted by Gasteiger charge is 2.53. The van der Waals surface area contributed by atoms with Crippen molar-refractivity contribution in [2.75, 3.05) is 6.61 Å². The molecule has 1 saturated carbocycles. The van der Waals surface area contributed by atoms with E-state index in [0.717, 1.165) is 36.7 Å². The first-order valence-electron chi connectivity index (χ1n) is 12.0. The molecule has 0 N–H and O–H groups in total. The summed E-state index contributed by atoms with van der Waals surface area (Å²) in [7, 11) is 0. The highest BCUT2D eigenvalue weighted by Crippen LogP contribution is 2.63. The van der Waals surface area contributed by atoms with E-state index in [4.69, 9.17) is 4.74 Å². The SMILES string of the molecule is CCOC1=CC2=C(c3ccccc3)CC3C(CCC4(C)C(CC)=CCC34)C2CC1. The summed E-state index contributed by atoms with van der Waals surface area (Å²) in [5.74, 6) is 4.47. The molecule has 1 aromatic rings. The maximum Gasteiger partial charge on any atom is 0.0962 e. The molecule has 0 spiro atoms. The zero-order valence-electron chi connectivity index (χ0n) is 18.4. The van der Waals surface area contributed by atoms with Gasteiger partial charge in [-0.2, -0.15) is 0 Å². The first kappa shape index (κ1) is 19.2. The molecule has 0 amide bonds. The minimum Gasteiger partial charge on any atom is -0.498 e. The van der Waals surface area contributed by atoms with Gasteiger partial charge in [-0.25, -0.2) is 0 Å². The van der Waals surface area contributed by atoms with Crippen LogP contribution in [-0.2, 0) is 4.74 Å². The second kappa shape index (κ2) is 7.49. The predicted molar refractivity (Wildman–Crippen MR) is 121 cm³/mol. The van der Waals surface area contributed by atoms with E-state index in [2.05, 4.69) is 63.3 Å². The summed E-state index contributed by atoms with van der Waals surface area (Å²) in [6.07, 6.45) is 14.0. The fourth-order valence-electron chi connectivity index (χ4n) is 7.45. The van der Waals surface area contributed by atoms with Crippen LogP contribution in [0.3, 0.4) is 0 Å². The highest BCUT2D eigenvalue weighted by atomic mass is 16.5. The van der Waals surface area contributed by atoms with Crippen molar-refractivity contribution in [2.24, 2.45) is 29.1 Å². The number of hydrogen-bond donors (Lipinski definition) is 0. The summed E-state index contributed by atoms with van der Waals surface area (Å²) in [6.45, 7) is 7.84. The molecule has 1 fully saturated rings. The molecule has 1 heteroatoms. The fourth-order valence-corrected chi connectivity index (χ4v) is 7.45. The minimum atomic E-state index is 0.455. The normalized spacial score (nSPS) is 36.0. The summed E-state index contributed by atoms with van der Waals surface area (Å²) < 4.78 is 5.98. The Morgan fingerprint density at radius 1 is 1.07 bits per heavy atom. The van der Waals surface area contributed by atoms with Gasteiger partial charge >= 0.3 is 0 Å². The largest absolute Gasteiger partial charge is 0.498 e. The van der Waals surface area contributed by atoms with Gasteiger partial charge in [-0.3, -0.25) is 0 Å². The van der Waals surface area contributed by atoms with Crippen LogP contribution in [0.5, 0.6) is 0 Å². The Morgan fingerprint density at radius 2 is 1.90 bits per heavy atom. The van der Waals surface area contributed by atoms with Crippen LogP contribution in [0.4, 0.5) is 0 Å². The topological polar surface area (TPSA) is 9.23 Å². The number of fused-ring (bicyclic) bond motifs is 5. The third-order valence-corrected chi connectivity index (χ3v) is 8.79. The Labute approximate surface area is 176 Å². The van der Waals surface area contributed by atoms with E-state index in [1.54, 1.807) is 16.7 Å². The van der Waals surface area contributed by atoms with Crippen LogP contribution in [-0.4, -0.2) is 6.61 Å². The summed E-state index contributed by atoms with van der Waals surface area (Å²) >= 11 is 0. The lowest BCUT2D eigenvalue weighted by Gasteiger charge is -2.53. The van der Waals surface area contributed by atoms with Gasteiger partial charge in [0.2, 0.25) is 0 Å². The zero-order valence-corrected chi connectivity index (χ0v) is 18.4. The van der Waals surface area contributed by atoms with Crippen molar-refractivity contribution in [3.05, 3.63) is 65.0 Å². The molecule has 0 heterocycles. The lowest BCUT2D eigenvalue weighted by atomic mass is 9.51. The Balaban J connectivity index is 1.58. The third-order valence-electron chi connectivity index (χ3n) is 8.79. The van der Waals surface area contributed by atoms with E-state index >= 15 is 0 Å². The van der Waals surface area contributed by atoms with E-state index in [-0.39, 0.29) is 0 Å². The van der Waals surface area contributed by atoms with E-state index in [0.29, 0.717) is 5.41 Å². The lowest BCUT2D eigenvalue weighted by molar-refractivity contribution is 0.0250. The average Bonchev–Trinajstić information content (AvgIpc) is 3.10. The maximum atomic E-state index is 5.98. The van der Waals surface area contributed by atoms with Gasteiger partial charge in [0.15, 0.2) is 0 Å². The lowest BCUT2D eigenvalue weighted by Crippen LogP contribution is -2.45. The Morgan fingerprint density at radius 3 is 2.66 bits per heavy atom. The standard InChI is InChI=1S/C28H36O/c1-4-20-11-14-27-26-18-24(19-9-7-6-8-10-19)25-17-21(29-5-2)12-13-22(25)23(26)15-16-28(20,27)3/h6-11,17,22-23,26-27H,4-5,12-16,18H2,1-3H3. The molecule has 0 saturated heterocycles. The van der Waals surface area contributed by atoms with Gasteiger partial charge in [-0.15, -0.1) is 0 Å². The quantitative estimate of drug-likeness (QED) is 0.483. The molecule has 29 heavy (non-hydrogen) atoms. The van der Waals surface area contributed by atoms with Crippen molar-refractivity contribution >= 4 is 5.57 Å². The van der Waals surface area contributed by atoms with Gasteiger partial charge in [0.05, 0.1) is 12.4 Å². The molecular formula is C28H36O. The van der Waals surface area contributed by atoms with Crippen molar-refractivity contribution in [1.82, 2.24) is 0 Å². The second-order valence-electron chi connectivity index (χ2n) is 9.90. The van der Waals surface area contributed by atoms with Crippen molar-refractivity contribution in [3.8, 4) is 0 Å². The molecule has 5 rings (SSSR count). The van der Waals surface area contributed by atoms with Crippen LogP contribution >= 0.6 is 0 Å². The first-order valence-corrected chi connectivity index (χ1v) is 12.0. The zero-order chi connectivity index (χ0) is 20.0. The van der Waals surface area contributed by atoms with Gasteiger partial charge < -0.3 is 4.74 Å². The van der Waals surface area contributed by atoms with E-state index < -0.39 is 0 Å². The minimum absolute atomic E-state index is 0.455. The number of benzene rings is 1. The van der Waals surface area contributed by atoms with Gasteiger partial charge in [0.25, 0.3) is 0 Å². The van der Waals surface area contributed by atoms with Crippen LogP contribution in [0.2, 0.25) is 0 Å². The van der Waals surface area contributed by atoms with Crippen molar-refractivity contribution < 1.29 is 4.74 Å². The Kier molecular flexibility index (Phi) is 4.96. The van der Waals surface area contributed by atoms with Crippen molar-refractivity contribution in [1.29, 1.82) is 0 Å². The van der Waals surface area contributed by atoms with Gasteiger partial charge in [-0.05, 0) is 97.3 Å². The average molecular weight is 389 g/mol. The fraction of sp³-hybridized carbons (Fsp3) is 0.571. The first-order chi connectivity index (χ1) is 14.2. The summed E-state index contributed by atoms with van der Waals surface area (Å²) in [4.78, 5) is 0. The van der Waals surface area contributed by atoms with Crippen molar-refractivity contribution in [3.63, 3.8) is 0 Å². The summed E-state index contributed by atoms with van der Waals surface area (Å²) in [5.41, 5.74) is 6.87. The highest BCUT2D eigenvalue weighted by molar-refractivity contribution is 5.73. The smallest absolute Gasteiger partial charge is 0.0962 e. The Hall–Kier alpha value is -1.76. The van der Waals surface area contributed by atoms with Crippen LogP contribution in [0.1, 0.15) is 71.3 Å².